The van der Waals surface area contributed by atoms with Gasteiger partial charge in [-0.1, -0.05) is 30.2 Å². The summed E-state index contributed by atoms with van der Waals surface area (Å²) in [7, 11) is 0. The Morgan fingerprint density at radius 3 is 2.20 bits per heavy atom. The zero-order chi connectivity index (χ0) is 7.98. The predicted molar refractivity (Wildman–Crippen MR) is 48.1 cm³/mol. The number of rotatable bonds is 3. The van der Waals surface area contributed by atoms with Crippen LogP contribution in [0.25, 0.3) is 0 Å². The van der Waals surface area contributed by atoms with Crippen LogP contribution < -0.4 is 0 Å². The lowest BCUT2D eigenvalue weighted by atomic mass is 10.1. The molecule has 0 amide bonds. The molecule has 0 aromatic carbocycles. The lowest BCUT2D eigenvalue weighted by Crippen LogP contribution is -1.77. The molecular weight excluding hydrogens is 120 g/mol. The molecule has 0 spiro atoms. The molecule has 0 atom stereocenters. The van der Waals surface area contributed by atoms with Gasteiger partial charge >= 0.3 is 0 Å². The molecule has 0 saturated heterocycles. The minimum atomic E-state index is 1.13. The first-order chi connectivity index (χ1) is 4.70. The fraction of sp³-hybridized carbons (Fsp3) is 0.600. The standard InChI is InChI=1S/C10H18/c1-5-10(6-2)8-7-9(3)4/h5,7H,6,8H2,1-4H3. The van der Waals surface area contributed by atoms with Gasteiger partial charge in [0.15, 0.2) is 0 Å². The third-order valence-corrected chi connectivity index (χ3v) is 1.63. The SMILES string of the molecule is CC=C(CC)CC=C(C)C. The van der Waals surface area contributed by atoms with Gasteiger partial charge in [-0.05, 0) is 33.6 Å². The smallest absolute Gasteiger partial charge is 0.0137 e. The summed E-state index contributed by atoms with van der Waals surface area (Å²) in [6.07, 6.45) is 6.80. The number of hydrogen-bond donors (Lipinski definition) is 0. The maximum atomic E-state index is 2.28. The van der Waals surface area contributed by atoms with Gasteiger partial charge in [0, 0.05) is 0 Å². The van der Waals surface area contributed by atoms with Crippen LogP contribution in [0.5, 0.6) is 0 Å². The van der Waals surface area contributed by atoms with Crippen molar-refractivity contribution in [2.75, 3.05) is 0 Å². The molecule has 0 aromatic rings. The Hall–Kier alpha value is -0.520. The van der Waals surface area contributed by atoms with E-state index in [4.69, 9.17) is 0 Å². The van der Waals surface area contributed by atoms with E-state index in [-0.39, 0.29) is 0 Å². The van der Waals surface area contributed by atoms with Crippen LogP contribution >= 0.6 is 0 Å². The average molecular weight is 138 g/mol. The monoisotopic (exact) mass is 138 g/mol. The highest BCUT2D eigenvalue weighted by molar-refractivity contribution is 5.08. The van der Waals surface area contributed by atoms with Crippen molar-refractivity contribution in [1.29, 1.82) is 0 Å². The Kier molecular flexibility index (Phi) is 5.00. The second-order valence-corrected chi connectivity index (χ2v) is 2.79. The summed E-state index contributed by atoms with van der Waals surface area (Å²) in [6, 6.07) is 0. The molecule has 0 radical (unpaired) electrons. The Balaban J connectivity index is 3.78. The molecule has 0 saturated carbocycles. The summed E-state index contributed by atoms with van der Waals surface area (Å²) in [5.74, 6) is 0. The van der Waals surface area contributed by atoms with Crippen LogP contribution in [0.1, 0.15) is 40.5 Å². The largest absolute Gasteiger partial charge is 0.0882 e. The van der Waals surface area contributed by atoms with Crippen molar-refractivity contribution < 1.29 is 0 Å². The van der Waals surface area contributed by atoms with Crippen molar-refractivity contribution in [3.05, 3.63) is 23.3 Å². The lowest BCUT2D eigenvalue weighted by Gasteiger charge is -1.97. The molecular formula is C10H18. The van der Waals surface area contributed by atoms with Crippen LogP contribution in [-0.2, 0) is 0 Å². The average Bonchev–Trinajstić information content (AvgIpc) is 1.90. The van der Waals surface area contributed by atoms with Crippen molar-refractivity contribution in [3.8, 4) is 0 Å². The van der Waals surface area contributed by atoms with E-state index in [1.165, 1.54) is 17.6 Å². The molecule has 0 aliphatic rings. The highest BCUT2D eigenvalue weighted by Crippen LogP contribution is 2.08. The molecule has 0 unspecified atom stereocenters. The number of hydrogen-bond acceptors (Lipinski definition) is 0. The van der Waals surface area contributed by atoms with Gasteiger partial charge in [0.2, 0.25) is 0 Å². The zero-order valence-electron chi connectivity index (χ0n) is 7.57. The van der Waals surface area contributed by atoms with E-state index in [1.807, 2.05) is 0 Å². The Bertz CT molecular complexity index is 134. The van der Waals surface area contributed by atoms with Gasteiger partial charge in [-0.3, -0.25) is 0 Å². The van der Waals surface area contributed by atoms with E-state index in [1.54, 1.807) is 0 Å². The number of allylic oxidation sites excluding steroid dienone is 4. The minimum absolute atomic E-state index is 1.13. The van der Waals surface area contributed by atoms with Gasteiger partial charge < -0.3 is 0 Å². The molecule has 0 rings (SSSR count). The summed E-state index contributed by atoms with van der Waals surface area (Å²) in [5, 5.41) is 0. The van der Waals surface area contributed by atoms with Gasteiger partial charge in [0.05, 0.1) is 0 Å². The van der Waals surface area contributed by atoms with Crippen LogP contribution in [0, 0.1) is 0 Å². The zero-order valence-corrected chi connectivity index (χ0v) is 7.57. The van der Waals surface area contributed by atoms with Crippen LogP contribution in [-0.4, -0.2) is 0 Å². The molecule has 0 fully saturated rings. The lowest BCUT2D eigenvalue weighted by molar-refractivity contribution is 1.02. The first-order valence-corrected chi connectivity index (χ1v) is 3.98. The fourth-order valence-corrected chi connectivity index (χ4v) is 0.802. The maximum absolute atomic E-state index is 2.28. The second kappa shape index (κ2) is 5.28. The molecule has 0 aromatic heterocycles. The second-order valence-electron chi connectivity index (χ2n) is 2.79. The molecule has 0 heteroatoms. The van der Waals surface area contributed by atoms with Crippen LogP contribution in [0.3, 0.4) is 0 Å². The molecule has 0 aliphatic heterocycles. The summed E-state index contributed by atoms with van der Waals surface area (Å²) in [4.78, 5) is 0. The molecule has 0 aliphatic carbocycles. The van der Waals surface area contributed by atoms with Gasteiger partial charge in [-0.25, -0.2) is 0 Å². The summed E-state index contributed by atoms with van der Waals surface area (Å²) >= 11 is 0. The normalized spacial score (nSPS) is 11.4. The fourth-order valence-electron chi connectivity index (χ4n) is 0.802. The van der Waals surface area contributed by atoms with Gasteiger partial charge in [-0.2, -0.15) is 0 Å². The van der Waals surface area contributed by atoms with E-state index in [9.17, 15) is 0 Å². The molecule has 0 nitrogen and oxygen atoms in total. The maximum Gasteiger partial charge on any atom is -0.0137 e. The molecule has 0 heterocycles. The molecule has 0 N–H and O–H groups in total. The first kappa shape index (κ1) is 9.48. The predicted octanol–water partition coefficient (Wildman–Crippen LogP) is 3.70. The Labute approximate surface area is 64.6 Å². The molecule has 0 bridgehead atoms. The molecule has 58 valence electrons. The summed E-state index contributed by atoms with van der Waals surface area (Å²) in [6.45, 7) is 8.59. The van der Waals surface area contributed by atoms with E-state index in [2.05, 4.69) is 39.8 Å². The quantitative estimate of drug-likeness (QED) is 0.522. The Morgan fingerprint density at radius 2 is 1.90 bits per heavy atom. The van der Waals surface area contributed by atoms with E-state index < -0.39 is 0 Å². The molecule has 10 heavy (non-hydrogen) atoms. The van der Waals surface area contributed by atoms with Crippen molar-refractivity contribution in [1.82, 2.24) is 0 Å². The van der Waals surface area contributed by atoms with Crippen molar-refractivity contribution in [3.63, 3.8) is 0 Å². The highest BCUT2D eigenvalue weighted by Gasteiger charge is 1.87. The summed E-state index contributed by atoms with van der Waals surface area (Å²) in [5.41, 5.74) is 2.94. The minimum Gasteiger partial charge on any atom is -0.0882 e. The van der Waals surface area contributed by atoms with Crippen LogP contribution in [0.2, 0.25) is 0 Å². The van der Waals surface area contributed by atoms with Crippen molar-refractivity contribution in [2.24, 2.45) is 0 Å². The van der Waals surface area contributed by atoms with Gasteiger partial charge in [-0.15, -0.1) is 0 Å². The third kappa shape index (κ3) is 4.37. The first-order valence-electron chi connectivity index (χ1n) is 3.98. The van der Waals surface area contributed by atoms with Gasteiger partial charge in [0.25, 0.3) is 0 Å². The van der Waals surface area contributed by atoms with Crippen LogP contribution in [0.4, 0.5) is 0 Å². The highest BCUT2D eigenvalue weighted by atomic mass is 13.9. The topological polar surface area (TPSA) is 0 Å². The summed E-state index contributed by atoms with van der Waals surface area (Å²) < 4.78 is 0. The van der Waals surface area contributed by atoms with Crippen molar-refractivity contribution >= 4 is 0 Å². The van der Waals surface area contributed by atoms with E-state index in [0.717, 1.165) is 6.42 Å². The third-order valence-electron chi connectivity index (χ3n) is 1.63. The van der Waals surface area contributed by atoms with E-state index >= 15 is 0 Å². The van der Waals surface area contributed by atoms with Crippen molar-refractivity contribution in [2.45, 2.75) is 40.5 Å². The Morgan fingerprint density at radius 1 is 1.30 bits per heavy atom. The van der Waals surface area contributed by atoms with E-state index in [0.29, 0.717) is 0 Å². The van der Waals surface area contributed by atoms with Crippen LogP contribution in [0.15, 0.2) is 23.3 Å². The van der Waals surface area contributed by atoms with Gasteiger partial charge in [0.1, 0.15) is 0 Å².